The monoisotopic (exact) mass is 556 g/mol. The van der Waals surface area contributed by atoms with Crippen LogP contribution in [0.15, 0.2) is 24.3 Å². The minimum Gasteiger partial charge on any atom is -0.495 e. The van der Waals surface area contributed by atoms with Crippen molar-refractivity contribution < 1.29 is 28.7 Å². The fourth-order valence-corrected chi connectivity index (χ4v) is 6.86. The summed E-state index contributed by atoms with van der Waals surface area (Å²) >= 11 is 7.29. The minimum absolute atomic E-state index is 0.0308. The number of fused-ring (bicyclic) bond motifs is 5. The predicted molar refractivity (Wildman–Crippen MR) is 118 cm³/mol. The molecule has 10 heteroatoms. The lowest BCUT2D eigenvalue weighted by Gasteiger charge is -2.28. The molecule has 0 aromatic heterocycles. The average Bonchev–Trinajstić information content (AvgIpc) is 3.36. The predicted octanol–water partition coefficient (Wildman–Crippen LogP) is 2.34. The number of ether oxygens (including phenoxy) is 2. The molecular formula is C21H22Br2N2O6. The normalized spacial score (nSPS) is 31.0. The van der Waals surface area contributed by atoms with E-state index in [1.54, 1.807) is 24.3 Å². The number of esters is 1. The summed E-state index contributed by atoms with van der Waals surface area (Å²) in [6.07, 6.45) is 0.708. The molecule has 2 saturated carbocycles. The molecule has 1 aromatic carbocycles. The van der Waals surface area contributed by atoms with Gasteiger partial charge < -0.3 is 14.8 Å². The summed E-state index contributed by atoms with van der Waals surface area (Å²) < 4.78 is 10.2. The van der Waals surface area contributed by atoms with Crippen LogP contribution in [-0.2, 0) is 23.9 Å². The van der Waals surface area contributed by atoms with E-state index >= 15 is 0 Å². The summed E-state index contributed by atoms with van der Waals surface area (Å²) in [5.41, 5.74) is 0.468. The summed E-state index contributed by atoms with van der Waals surface area (Å²) in [4.78, 5) is 51.3. The van der Waals surface area contributed by atoms with E-state index in [-0.39, 0.29) is 58.1 Å². The molecule has 2 bridgehead atoms. The lowest BCUT2D eigenvalue weighted by Crippen LogP contribution is -2.37. The topological polar surface area (TPSA) is 102 Å². The van der Waals surface area contributed by atoms with Gasteiger partial charge >= 0.3 is 5.97 Å². The van der Waals surface area contributed by atoms with Gasteiger partial charge in [-0.2, -0.15) is 0 Å². The first-order valence-electron chi connectivity index (χ1n) is 10.0. The Kier molecular flexibility index (Phi) is 6.39. The molecule has 6 atom stereocenters. The highest BCUT2D eigenvalue weighted by atomic mass is 79.9. The molecule has 0 spiro atoms. The third-order valence-corrected chi connectivity index (χ3v) is 9.57. The number of hydrogen-bond acceptors (Lipinski definition) is 6. The number of rotatable bonds is 7. The molecule has 4 rings (SSSR count). The van der Waals surface area contributed by atoms with Crippen LogP contribution in [0, 0.1) is 23.7 Å². The van der Waals surface area contributed by atoms with Crippen LogP contribution in [0.4, 0.5) is 5.69 Å². The zero-order valence-electron chi connectivity index (χ0n) is 16.8. The van der Waals surface area contributed by atoms with Crippen molar-refractivity contribution in [3.05, 3.63) is 24.3 Å². The Balaban J connectivity index is 1.26. The van der Waals surface area contributed by atoms with Gasteiger partial charge in [0.05, 0.1) is 31.1 Å². The molecule has 1 N–H and O–H groups in total. The van der Waals surface area contributed by atoms with Crippen LogP contribution >= 0.6 is 31.9 Å². The first-order valence-corrected chi connectivity index (χ1v) is 11.9. The van der Waals surface area contributed by atoms with Gasteiger partial charge in [-0.1, -0.05) is 44.0 Å². The molecule has 31 heavy (non-hydrogen) atoms. The van der Waals surface area contributed by atoms with Crippen LogP contribution in [-0.4, -0.2) is 58.5 Å². The van der Waals surface area contributed by atoms with Gasteiger partial charge in [-0.05, 0) is 30.4 Å². The maximum absolute atomic E-state index is 12.8. The molecule has 0 unspecified atom stereocenters. The standard InChI is InChI=1S/C21H22Br2N2O6/c1-30-13-5-3-2-4-12(13)24-14(26)9-31-15(27)6-7-25-20(28)16-10-8-11(17(16)21(25)29)19(23)18(10)22/h2-5,10-11,16-19H,6-9H2,1H3,(H,24,26)/t10-,11-,16-,17-,18+,19+/m1/s1. The molecule has 2 aliphatic carbocycles. The van der Waals surface area contributed by atoms with Crippen molar-refractivity contribution >= 4 is 61.2 Å². The zero-order chi connectivity index (χ0) is 22.3. The second-order valence-electron chi connectivity index (χ2n) is 7.99. The van der Waals surface area contributed by atoms with E-state index in [1.807, 2.05) is 0 Å². The number of nitrogens with zero attached hydrogens (tertiary/aromatic N) is 1. The van der Waals surface area contributed by atoms with Crippen LogP contribution in [0.2, 0.25) is 0 Å². The number of imide groups is 1. The molecule has 3 aliphatic rings. The number of alkyl halides is 2. The minimum atomic E-state index is -0.646. The number of carbonyl (C=O) groups is 4. The number of nitrogens with one attached hydrogen (secondary N) is 1. The first kappa shape index (κ1) is 22.3. The fourth-order valence-electron chi connectivity index (χ4n) is 4.99. The van der Waals surface area contributed by atoms with Crippen molar-refractivity contribution in [1.82, 2.24) is 4.90 Å². The maximum Gasteiger partial charge on any atom is 0.308 e. The van der Waals surface area contributed by atoms with Crippen LogP contribution in [0.3, 0.4) is 0 Å². The van der Waals surface area contributed by atoms with Gasteiger partial charge in [0, 0.05) is 16.2 Å². The van der Waals surface area contributed by atoms with E-state index in [1.165, 1.54) is 12.0 Å². The summed E-state index contributed by atoms with van der Waals surface area (Å²) in [7, 11) is 1.49. The van der Waals surface area contributed by atoms with Gasteiger partial charge in [0.15, 0.2) is 6.61 Å². The Hall–Kier alpha value is -1.94. The van der Waals surface area contributed by atoms with E-state index in [0.29, 0.717) is 11.4 Å². The quantitative estimate of drug-likeness (QED) is 0.314. The Morgan fingerprint density at radius 1 is 1.10 bits per heavy atom. The highest BCUT2D eigenvalue weighted by Crippen LogP contribution is 2.60. The summed E-state index contributed by atoms with van der Waals surface area (Å²) in [5.74, 6) is -1.42. The van der Waals surface area contributed by atoms with Crippen molar-refractivity contribution in [1.29, 1.82) is 0 Å². The van der Waals surface area contributed by atoms with Crippen molar-refractivity contribution in [2.75, 3.05) is 25.6 Å². The number of halogens is 2. The Morgan fingerprint density at radius 3 is 2.32 bits per heavy atom. The van der Waals surface area contributed by atoms with Gasteiger partial charge in [-0.3, -0.25) is 24.1 Å². The molecule has 1 saturated heterocycles. The summed E-state index contributed by atoms with van der Waals surface area (Å²) in [5, 5.41) is 2.61. The number of carbonyl (C=O) groups excluding carboxylic acids is 4. The molecule has 1 heterocycles. The Labute approximate surface area is 196 Å². The molecule has 1 aromatic rings. The van der Waals surface area contributed by atoms with Crippen LogP contribution < -0.4 is 10.1 Å². The zero-order valence-corrected chi connectivity index (χ0v) is 19.9. The lowest BCUT2D eigenvalue weighted by molar-refractivity contribution is -0.149. The number of anilines is 1. The van der Waals surface area contributed by atoms with Gasteiger partial charge in [-0.15, -0.1) is 0 Å². The van der Waals surface area contributed by atoms with Crippen molar-refractivity contribution in [2.45, 2.75) is 22.5 Å². The SMILES string of the molecule is COc1ccccc1NC(=O)COC(=O)CCN1C(=O)[C@@H]2[C@H]3C[C@@H]([C@H](Br)[C@H]3Br)[C@H]2C1=O. The van der Waals surface area contributed by atoms with Gasteiger partial charge in [0.2, 0.25) is 11.8 Å². The third-order valence-electron chi connectivity index (χ3n) is 6.36. The third kappa shape index (κ3) is 4.00. The van der Waals surface area contributed by atoms with Crippen LogP contribution in [0.25, 0.3) is 0 Å². The summed E-state index contributed by atoms with van der Waals surface area (Å²) in [6, 6.07) is 6.88. The second-order valence-corrected chi connectivity index (χ2v) is 10.1. The van der Waals surface area contributed by atoms with Gasteiger partial charge in [0.25, 0.3) is 5.91 Å². The number of likely N-dealkylation sites (tertiary alicyclic amines) is 1. The highest BCUT2D eigenvalue weighted by molar-refractivity contribution is 9.12. The fraction of sp³-hybridized carbons (Fsp3) is 0.524. The van der Waals surface area contributed by atoms with Crippen LogP contribution in [0.1, 0.15) is 12.8 Å². The summed E-state index contributed by atoms with van der Waals surface area (Å²) in [6.45, 7) is -0.498. The first-order chi connectivity index (χ1) is 14.8. The Morgan fingerprint density at radius 2 is 1.71 bits per heavy atom. The second kappa shape index (κ2) is 8.90. The number of amides is 3. The van der Waals surface area contributed by atoms with Crippen molar-refractivity contribution in [3.63, 3.8) is 0 Å². The van der Waals surface area contributed by atoms with Crippen molar-refractivity contribution in [3.8, 4) is 5.75 Å². The van der Waals surface area contributed by atoms with Crippen LogP contribution in [0.5, 0.6) is 5.75 Å². The van der Waals surface area contributed by atoms with Crippen molar-refractivity contribution in [2.24, 2.45) is 23.7 Å². The van der Waals surface area contributed by atoms with E-state index < -0.39 is 18.5 Å². The number of benzene rings is 1. The van der Waals surface area contributed by atoms with E-state index in [0.717, 1.165) is 6.42 Å². The number of methoxy groups -OCH3 is 1. The smallest absolute Gasteiger partial charge is 0.308 e. The van der Waals surface area contributed by atoms with Gasteiger partial charge in [-0.25, -0.2) is 0 Å². The molecule has 3 fully saturated rings. The molecule has 1 aliphatic heterocycles. The molecule has 0 radical (unpaired) electrons. The largest absolute Gasteiger partial charge is 0.495 e. The molecule has 8 nitrogen and oxygen atoms in total. The maximum atomic E-state index is 12.8. The average molecular weight is 558 g/mol. The van der Waals surface area contributed by atoms with E-state index in [2.05, 4.69) is 37.2 Å². The highest BCUT2D eigenvalue weighted by Gasteiger charge is 2.66. The lowest BCUT2D eigenvalue weighted by atomic mass is 9.81. The molecule has 166 valence electrons. The Bertz CT molecular complexity index is 893. The van der Waals surface area contributed by atoms with Gasteiger partial charge in [0.1, 0.15) is 5.75 Å². The number of para-hydroxylation sites is 2. The van der Waals surface area contributed by atoms with E-state index in [9.17, 15) is 19.2 Å². The van der Waals surface area contributed by atoms with E-state index in [4.69, 9.17) is 9.47 Å². The molecular weight excluding hydrogens is 536 g/mol. The molecule has 3 amide bonds. The number of hydrogen-bond donors (Lipinski definition) is 1.